The Hall–Kier alpha value is -1.35. The predicted octanol–water partition coefficient (Wildman–Crippen LogP) is 2.43. The molecule has 1 aromatic carbocycles. The summed E-state index contributed by atoms with van der Waals surface area (Å²) in [6.07, 6.45) is 2.91. The molecule has 1 heterocycles. The van der Waals surface area contributed by atoms with E-state index in [1.807, 2.05) is 6.07 Å². The number of hydrogen-bond acceptors (Lipinski definition) is 2. The highest BCUT2D eigenvalue weighted by Gasteiger charge is 2.28. The second-order valence-electron chi connectivity index (χ2n) is 4.81. The van der Waals surface area contributed by atoms with Gasteiger partial charge in [0, 0.05) is 6.54 Å². The highest BCUT2D eigenvalue weighted by atomic mass is 16.4. The van der Waals surface area contributed by atoms with E-state index in [-0.39, 0.29) is 6.04 Å². The monoisotopic (exact) mass is 233 g/mol. The predicted molar refractivity (Wildman–Crippen MR) is 66.9 cm³/mol. The van der Waals surface area contributed by atoms with E-state index in [1.54, 1.807) is 0 Å². The molecule has 1 aliphatic heterocycles. The first-order valence-electron chi connectivity index (χ1n) is 6.19. The summed E-state index contributed by atoms with van der Waals surface area (Å²) in [5.74, 6) is -0.683. The molecule has 0 unspecified atom stereocenters. The molecular weight excluding hydrogens is 214 g/mol. The number of nitrogens with zero attached hydrogens (tertiary/aromatic N) is 1. The van der Waals surface area contributed by atoms with Crippen LogP contribution >= 0.6 is 0 Å². The van der Waals surface area contributed by atoms with E-state index >= 15 is 0 Å². The fourth-order valence-electron chi connectivity index (χ4n) is 2.50. The Kier molecular flexibility index (Phi) is 3.79. The van der Waals surface area contributed by atoms with E-state index in [1.165, 1.54) is 11.1 Å². The van der Waals surface area contributed by atoms with Crippen molar-refractivity contribution in [2.24, 2.45) is 0 Å². The molecule has 1 fully saturated rings. The number of piperidine rings is 1. The average molecular weight is 233 g/mol. The molecule has 2 rings (SSSR count). The second-order valence-corrected chi connectivity index (χ2v) is 4.81. The zero-order chi connectivity index (χ0) is 12.3. The van der Waals surface area contributed by atoms with E-state index in [4.69, 9.17) is 0 Å². The summed E-state index contributed by atoms with van der Waals surface area (Å²) in [4.78, 5) is 13.3. The summed E-state index contributed by atoms with van der Waals surface area (Å²) in [5.41, 5.74) is 2.43. The van der Waals surface area contributed by atoms with Crippen LogP contribution in [0.4, 0.5) is 0 Å². The molecule has 0 aromatic heterocycles. The van der Waals surface area contributed by atoms with Gasteiger partial charge in [-0.3, -0.25) is 9.69 Å². The summed E-state index contributed by atoms with van der Waals surface area (Å²) in [6.45, 7) is 3.71. The molecule has 1 saturated heterocycles. The topological polar surface area (TPSA) is 40.5 Å². The molecule has 0 spiro atoms. The van der Waals surface area contributed by atoms with Crippen LogP contribution in [0.1, 0.15) is 30.4 Å². The van der Waals surface area contributed by atoms with Gasteiger partial charge < -0.3 is 5.11 Å². The minimum atomic E-state index is -0.683. The van der Waals surface area contributed by atoms with Crippen LogP contribution < -0.4 is 0 Å². The van der Waals surface area contributed by atoms with Crippen LogP contribution in [-0.4, -0.2) is 28.6 Å². The third-order valence-corrected chi connectivity index (χ3v) is 3.37. The van der Waals surface area contributed by atoms with Gasteiger partial charge >= 0.3 is 5.97 Å². The molecule has 0 radical (unpaired) electrons. The molecule has 3 nitrogen and oxygen atoms in total. The Balaban J connectivity index is 2.08. The van der Waals surface area contributed by atoms with Gasteiger partial charge in [0.15, 0.2) is 0 Å². The summed E-state index contributed by atoms with van der Waals surface area (Å²) in [6, 6.07) is 8.00. The Labute approximate surface area is 102 Å². The van der Waals surface area contributed by atoms with E-state index in [0.717, 1.165) is 32.4 Å². The van der Waals surface area contributed by atoms with Crippen LogP contribution in [0, 0.1) is 6.92 Å². The molecule has 17 heavy (non-hydrogen) atoms. The van der Waals surface area contributed by atoms with Gasteiger partial charge in [-0.25, -0.2) is 0 Å². The van der Waals surface area contributed by atoms with Crippen LogP contribution in [0.5, 0.6) is 0 Å². The first-order chi connectivity index (χ1) is 8.16. The van der Waals surface area contributed by atoms with Gasteiger partial charge in [-0.2, -0.15) is 0 Å². The minimum Gasteiger partial charge on any atom is -0.480 e. The van der Waals surface area contributed by atoms with Crippen molar-refractivity contribution in [3.8, 4) is 0 Å². The normalized spacial score (nSPS) is 21.4. The zero-order valence-electron chi connectivity index (χ0n) is 10.2. The van der Waals surface area contributed by atoms with Crippen molar-refractivity contribution in [2.45, 2.75) is 38.8 Å². The summed E-state index contributed by atoms with van der Waals surface area (Å²) >= 11 is 0. The molecule has 1 aromatic rings. The maximum atomic E-state index is 11.2. The first-order valence-corrected chi connectivity index (χ1v) is 6.19. The fourth-order valence-corrected chi connectivity index (χ4v) is 2.50. The number of carboxylic acids is 1. The van der Waals surface area contributed by atoms with Gasteiger partial charge in [-0.05, 0) is 31.9 Å². The summed E-state index contributed by atoms with van der Waals surface area (Å²) in [7, 11) is 0. The number of benzene rings is 1. The molecule has 0 bridgehead atoms. The van der Waals surface area contributed by atoms with Gasteiger partial charge in [-0.15, -0.1) is 0 Å². The smallest absolute Gasteiger partial charge is 0.320 e. The lowest BCUT2D eigenvalue weighted by atomic mass is 10.0. The molecule has 1 aliphatic rings. The molecule has 3 heteroatoms. The zero-order valence-corrected chi connectivity index (χ0v) is 10.2. The Bertz CT molecular complexity index is 403. The number of aryl methyl sites for hydroxylation is 1. The highest BCUT2D eigenvalue weighted by Crippen LogP contribution is 2.20. The van der Waals surface area contributed by atoms with Crippen LogP contribution in [0.2, 0.25) is 0 Å². The van der Waals surface area contributed by atoms with E-state index in [2.05, 4.69) is 30.0 Å². The quantitative estimate of drug-likeness (QED) is 0.871. The lowest BCUT2D eigenvalue weighted by Gasteiger charge is -2.32. The minimum absolute atomic E-state index is 0.302. The second kappa shape index (κ2) is 5.32. The summed E-state index contributed by atoms with van der Waals surface area (Å²) in [5, 5.41) is 9.20. The lowest BCUT2D eigenvalue weighted by Crippen LogP contribution is -2.43. The molecule has 92 valence electrons. The summed E-state index contributed by atoms with van der Waals surface area (Å²) < 4.78 is 0. The SMILES string of the molecule is Cc1cccc(CN2CCCC[C@H]2C(=O)O)c1. The van der Waals surface area contributed by atoms with Gasteiger partial charge in [0.1, 0.15) is 6.04 Å². The number of likely N-dealkylation sites (tertiary alicyclic amines) is 1. The Morgan fingerprint density at radius 3 is 3.00 bits per heavy atom. The number of carbonyl (C=O) groups is 1. The van der Waals surface area contributed by atoms with Crippen molar-refractivity contribution in [2.75, 3.05) is 6.54 Å². The van der Waals surface area contributed by atoms with Crippen molar-refractivity contribution in [3.63, 3.8) is 0 Å². The van der Waals surface area contributed by atoms with E-state index < -0.39 is 5.97 Å². The van der Waals surface area contributed by atoms with Crippen LogP contribution in [-0.2, 0) is 11.3 Å². The average Bonchev–Trinajstić information content (AvgIpc) is 2.29. The molecule has 1 atom stereocenters. The van der Waals surface area contributed by atoms with Crippen molar-refractivity contribution < 1.29 is 9.90 Å². The van der Waals surface area contributed by atoms with Crippen LogP contribution in [0.3, 0.4) is 0 Å². The van der Waals surface area contributed by atoms with E-state index in [9.17, 15) is 9.90 Å². The number of rotatable bonds is 3. The number of aliphatic carboxylic acids is 1. The molecule has 1 N–H and O–H groups in total. The first kappa shape index (κ1) is 12.1. The number of carboxylic acid groups (broad SMARTS) is 1. The molecule has 0 aliphatic carbocycles. The van der Waals surface area contributed by atoms with Crippen molar-refractivity contribution >= 4 is 5.97 Å². The Morgan fingerprint density at radius 2 is 2.29 bits per heavy atom. The molecule has 0 amide bonds. The standard InChI is InChI=1S/C14H19NO2/c1-11-5-4-6-12(9-11)10-15-8-3-2-7-13(15)14(16)17/h4-6,9,13H,2-3,7-8,10H2,1H3,(H,16,17)/t13-/m0/s1. The lowest BCUT2D eigenvalue weighted by molar-refractivity contribution is -0.144. The van der Waals surface area contributed by atoms with Crippen molar-refractivity contribution in [1.29, 1.82) is 0 Å². The third-order valence-electron chi connectivity index (χ3n) is 3.37. The van der Waals surface area contributed by atoms with Gasteiger partial charge in [-0.1, -0.05) is 36.2 Å². The maximum absolute atomic E-state index is 11.2. The molecule has 0 saturated carbocycles. The molecular formula is C14H19NO2. The largest absolute Gasteiger partial charge is 0.480 e. The van der Waals surface area contributed by atoms with E-state index in [0.29, 0.717) is 0 Å². The van der Waals surface area contributed by atoms with Gasteiger partial charge in [0.2, 0.25) is 0 Å². The van der Waals surface area contributed by atoms with Crippen LogP contribution in [0.15, 0.2) is 24.3 Å². The maximum Gasteiger partial charge on any atom is 0.320 e. The van der Waals surface area contributed by atoms with Crippen molar-refractivity contribution in [3.05, 3.63) is 35.4 Å². The fraction of sp³-hybridized carbons (Fsp3) is 0.500. The van der Waals surface area contributed by atoms with Crippen LogP contribution in [0.25, 0.3) is 0 Å². The van der Waals surface area contributed by atoms with Gasteiger partial charge in [0.05, 0.1) is 0 Å². The highest BCUT2D eigenvalue weighted by molar-refractivity contribution is 5.73. The van der Waals surface area contributed by atoms with Gasteiger partial charge in [0.25, 0.3) is 0 Å². The van der Waals surface area contributed by atoms with Crippen molar-refractivity contribution in [1.82, 2.24) is 4.90 Å². The number of hydrogen-bond donors (Lipinski definition) is 1. The third kappa shape index (κ3) is 3.07. The Morgan fingerprint density at radius 1 is 1.47 bits per heavy atom.